The molecule has 7 nitrogen and oxygen atoms in total. The van der Waals surface area contributed by atoms with Crippen molar-refractivity contribution in [2.45, 2.75) is 32.7 Å². The first-order valence-corrected chi connectivity index (χ1v) is 10.4. The van der Waals surface area contributed by atoms with Gasteiger partial charge in [0.2, 0.25) is 5.13 Å². The van der Waals surface area contributed by atoms with Gasteiger partial charge in [-0.15, -0.1) is 0 Å². The average Bonchev–Trinajstić information content (AvgIpc) is 3.29. The fourth-order valence-corrected chi connectivity index (χ4v) is 4.62. The maximum absolute atomic E-state index is 4.63. The molecule has 4 rings (SSSR count). The molecule has 146 valence electrons. The predicted octanol–water partition coefficient (Wildman–Crippen LogP) is 2.26. The Balaban J connectivity index is 1.37. The van der Waals surface area contributed by atoms with Gasteiger partial charge >= 0.3 is 0 Å². The van der Waals surface area contributed by atoms with E-state index in [2.05, 4.69) is 56.0 Å². The second-order valence-electron chi connectivity index (χ2n) is 9.02. The van der Waals surface area contributed by atoms with Crippen molar-refractivity contribution in [3.05, 3.63) is 23.9 Å². The Kier molecular flexibility index (Phi) is 4.80. The molecule has 0 bridgehead atoms. The summed E-state index contributed by atoms with van der Waals surface area (Å²) in [7, 11) is 4.02. The smallest absolute Gasteiger partial charge is 0.204 e. The number of aromatic nitrogens is 4. The highest BCUT2D eigenvalue weighted by Crippen LogP contribution is 2.34. The van der Waals surface area contributed by atoms with Gasteiger partial charge in [0.05, 0.1) is 12.2 Å². The van der Waals surface area contributed by atoms with Crippen LogP contribution in [0.4, 0.5) is 10.9 Å². The van der Waals surface area contributed by atoms with Crippen molar-refractivity contribution in [1.29, 1.82) is 0 Å². The molecular formula is C19H29N7S. The zero-order valence-electron chi connectivity index (χ0n) is 16.9. The summed E-state index contributed by atoms with van der Waals surface area (Å²) in [4.78, 5) is 20.6. The lowest BCUT2D eigenvalue weighted by Gasteiger charge is -2.24. The maximum atomic E-state index is 4.63. The van der Waals surface area contributed by atoms with E-state index < -0.39 is 0 Å². The van der Waals surface area contributed by atoms with Gasteiger partial charge in [-0.2, -0.15) is 4.37 Å². The molecule has 2 unspecified atom stereocenters. The minimum Gasteiger partial charge on any atom is -0.356 e. The van der Waals surface area contributed by atoms with Crippen molar-refractivity contribution in [3.63, 3.8) is 0 Å². The van der Waals surface area contributed by atoms with E-state index in [0.717, 1.165) is 55.2 Å². The lowest BCUT2D eigenvalue weighted by Crippen LogP contribution is -2.29. The van der Waals surface area contributed by atoms with Gasteiger partial charge in [-0.1, -0.05) is 20.8 Å². The van der Waals surface area contributed by atoms with Crippen molar-refractivity contribution in [2.24, 2.45) is 11.8 Å². The standard InChI is InChI=1S/C19H29N7S/c1-19(2,3)15-6-17(21-12-20-15)26-9-13-7-25(8-14(13)10-26)11-16-22-18(24(4)5)27-23-16/h6,12-14H,7-11H2,1-5H3. The van der Waals surface area contributed by atoms with E-state index in [1.54, 1.807) is 6.33 Å². The van der Waals surface area contributed by atoms with Gasteiger partial charge < -0.3 is 9.80 Å². The Morgan fingerprint density at radius 2 is 1.81 bits per heavy atom. The van der Waals surface area contributed by atoms with E-state index in [4.69, 9.17) is 0 Å². The van der Waals surface area contributed by atoms with Crippen LogP contribution in [0.5, 0.6) is 0 Å². The average molecular weight is 388 g/mol. The van der Waals surface area contributed by atoms with Crippen molar-refractivity contribution in [2.75, 3.05) is 50.1 Å². The minimum atomic E-state index is 0.0516. The monoisotopic (exact) mass is 387 g/mol. The van der Waals surface area contributed by atoms with E-state index in [9.17, 15) is 0 Å². The summed E-state index contributed by atoms with van der Waals surface area (Å²) >= 11 is 1.48. The highest BCUT2D eigenvalue weighted by atomic mass is 32.1. The lowest BCUT2D eigenvalue weighted by molar-refractivity contribution is 0.302. The van der Waals surface area contributed by atoms with Crippen LogP contribution in [0.1, 0.15) is 32.3 Å². The number of rotatable bonds is 4. The summed E-state index contributed by atoms with van der Waals surface area (Å²) in [5.41, 5.74) is 1.16. The number of nitrogens with zero attached hydrogens (tertiary/aromatic N) is 7. The molecule has 0 spiro atoms. The first-order chi connectivity index (χ1) is 12.8. The van der Waals surface area contributed by atoms with Crippen LogP contribution < -0.4 is 9.80 Å². The molecule has 4 heterocycles. The summed E-state index contributed by atoms with van der Waals surface area (Å²) < 4.78 is 4.51. The molecule has 0 amide bonds. The van der Waals surface area contributed by atoms with E-state index in [1.165, 1.54) is 11.5 Å². The predicted molar refractivity (Wildman–Crippen MR) is 109 cm³/mol. The Bertz CT molecular complexity index is 783. The molecule has 0 aliphatic carbocycles. The van der Waals surface area contributed by atoms with Crippen molar-refractivity contribution in [1.82, 2.24) is 24.2 Å². The van der Waals surface area contributed by atoms with Crippen LogP contribution in [-0.2, 0) is 12.0 Å². The molecule has 2 saturated heterocycles. The van der Waals surface area contributed by atoms with Gasteiger partial charge in [0.1, 0.15) is 12.1 Å². The highest BCUT2D eigenvalue weighted by molar-refractivity contribution is 7.09. The van der Waals surface area contributed by atoms with Crippen molar-refractivity contribution < 1.29 is 0 Å². The van der Waals surface area contributed by atoms with Gasteiger partial charge in [-0.05, 0) is 11.8 Å². The van der Waals surface area contributed by atoms with E-state index in [0.29, 0.717) is 11.8 Å². The molecule has 2 aromatic heterocycles. The minimum absolute atomic E-state index is 0.0516. The molecule has 27 heavy (non-hydrogen) atoms. The zero-order valence-corrected chi connectivity index (χ0v) is 17.7. The maximum Gasteiger partial charge on any atom is 0.204 e. The Morgan fingerprint density at radius 1 is 1.11 bits per heavy atom. The molecule has 2 atom stereocenters. The molecule has 0 aromatic carbocycles. The topological polar surface area (TPSA) is 61.3 Å². The first kappa shape index (κ1) is 18.6. The van der Waals surface area contributed by atoms with Crippen LogP contribution in [-0.4, -0.2) is 64.5 Å². The van der Waals surface area contributed by atoms with Crippen LogP contribution in [0.3, 0.4) is 0 Å². The number of likely N-dealkylation sites (tertiary alicyclic amines) is 1. The van der Waals surface area contributed by atoms with Crippen LogP contribution in [0, 0.1) is 11.8 Å². The van der Waals surface area contributed by atoms with E-state index in [1.807, 2.05) is 19.0 Å². The fourth-order valence-electron chi connectivity index (χ4n) is 4.03. The fraction of sp³-hybridized carbons (Fsp3) is 0.684. The number of anilines is 2. The molecule has 2 aliphatic heterocycles. The normalized spacial score (nSPS) is 23.1. The van der Waals surface area contributed by atoms with Crippen molar-refractivity contribution >= 4 is 22.5 Å². The third kappa shape index (κ3) is 3.91. The molecule has 0 N–H and O–H groups in total. The third-order valence-corrected chi connectivity index (χ3v) is 6.43. The largest absolute Gasteiger partial charge is 0.356 e. The molecule has 2 aliphatic rings. The molecule has 0 saturated carbocycles. The van der Waals surface area contributed by atoms with Crippen LogP contribution >= 0.6 is 11.5 Å². The summed E-state index contributed by atoms with van der Waals surface area (Å²) in [5.74, 6) is 3.42. The SMILES string of the molecule is CN(C)c1nc(CN2CC3CN(c4cc(C(C)(C)C)ncn4)CC3C2)ns1. The second kappa shape index (κ2) is 6.98. The summed E-state index contributed by atoms with van der Waals surface area (Å²) in [5, 5.41) is 0.981. The second-order valence-corrected chi connectivity index (χ2v) is 9.75. The van der Waals surface area contributed by atoms with Crippen LogP contribution in [0.15, 0.2) is 12.4 Å². The number of fused-ring (bicyclic) bond motifs is 1. The lowest BCUT2D eigenvalue weighted by atomic mass is 9.92. The summed E-state index contributed by atoms with van der Waals surface area (Å²) in [6, 6.07) is 2.17. The van der Waals surface area contributed by atoms with Gasteiger partial charge in [0.25, 0.3) is 0 Å². The van der Waals surface area contributed by atoms with Gasteiger partial charge in [0, 0.05) is 63.3 Å². The molecular weight excluding hydrogens is 358 g/mol. The van der Waals surface area contributed by atoms with Crippen molar-refractivity contribution in [3.8, 4) is 0 Å². The zero-order chi connectivity index (χ0) is 19.2. The van der Waals surface area contributed by atoms with E-state index in [-0.39, 0.29) is 5.41 Å². The Morgan fingerprint density at radius 3 is 2.41 bits per heavy atom. The Labute approximate surface area is 165 Å². The molecule has 8 heteroatoms. The molecule has 2 fully saturated rings. The molecule has 2 aromatic rings. The van der Waals surface area contributed by atoms with Crippen LogP contribution in [0.2, 0.25) is 0 Å². The Hall–Kier alpha value is -1.80. The van der Waals surface area contributed by atoms with Gasteiger partial charge in [-0.25, -0.2) is 15.0 Å². The third-order valence-electron chi connectivity index (χ3n) is 5.51. The molecule has 0 radical (unpaired) electrons. The van der Waals surface area contributed by atoms with E-state index >= 15 is 0 Å². The van der Waals surface area contributed by atoms with Gasteiger partial charge in [-0.3, -0.25) is 4.90 Å². The quantitative estimate of drug-likeness (QED) is 0.797. The first-order valence-electron chi connectivity index (χ1n) is 9.59. The number of hydrogen-bond acceptors (Lipinski definition) is 8. The summed E-state index contributed by atoms with van der Waals surface area (Å²) in [6.07, 6.45) is 1.71. The summed E-state index contributed by atoms with van der Waals surface area (Å²) in [6.45, 7) is 11.9. The van der Waals surface area contributed by atoms with Gasteiger partial charge in [0.15, 0.2) is 5.82 Å². The van der Waals surface area contributed by atoms with Crippen LogP contribution in [0.25, 0.3) is 0 Å². The number of hydrogen-bond donors (Lipinski definition) is 0. The highest BCUT2D eigenvalue weighted by Gasteiger charge is 2.40.